The van der Waals surface area contributed by atoms with Crippen molar-refractivity contribution in [2.75, 3.05) is 0 Å². The Kier molecular flexibility index (Phi) is 5.96. The Labute approximate surface area is 194 Å². The predicted octanol–water partition coefficient (Wildman–Crippen LogP) is 5.83. The fourth-order valence-corrected chi connectivity index (χ4v) is 5.56. The van der Waals surface area contributed by atoms with Crippen LogP contribution in [-0.2, 0) is 14.3 Å². The number of allylic oxidation sites excluding steroid dienone is 3. The number of esters is 1. The number of rotatable bonds is 4. The van der Waals surface area contributed by atoms with Crippen LogP contribution in [0.25, 0.3) is 0 Å². The van der Waals surface area contributed by atoms with Gasteiger partial charge in [0.2, 0.25) is 0 Å². The van der Waals surface area contributed by atoms with E-state index in [2.05, 4.69) is 17.4 Å². The van der Waals surface area contributed by atoms with Crippen LogP contribution in [0, 0.1) is 6.92 Å². The fourth-order valence-electron chi connectivity index (χ4n) is 5.56. The van der Waals surface area contributed by atoms with Crippen molar-refractivity contribution in [1.82, 2.24) is 5.32 Å². The quantitative estimate of drug-likeness (QED) is 0.600. The first kappa shape index (κ1) is 21.7. The van der Waals surface area contributed by atoms with Gasteiger partial charge in [-0.1, -0.05) is 36.8 Å². The van der Waals surface area contributed by atoms with Crippen LogP contribution in [0.4, 0.5) is 0 Å². The fraction of sp³-hybridized carbons (Fsp3) is 0.429. The normalized spacial score (nSPS) is 23.9. The average molecular weight is 446 g/mol. The molecule has 0 spiro atoms. The second-order valence-corrected chi connectivity index (χ2v) is 9.54. The van der Waals surface area contributed by atoms with Gasteiger partial charge in [0, 0.05) is 23.4 Å². The molecule has 1 fully saturated rings. The van der Waals surface area contributed by atoms with Gasteiger partial charge in [-0.05, 0) is 69.6 Å². The van der Waals surface area contributed by atoms with Crippen LogP contribution < -0.4 is 5.32 Å². The highest BCUT2D eigenvalue weighted by Gasteiger charge is 2.43. The van der Waals surface area contributed by atoms with E-state index >= 15 is 0 Å². The third-order valence-electron chi connectivity index (χ3n) is 7.19. The molecule has 0 bridgehead atoms. The molecule has 1 saturated carbocycles. The highest BCUT2D eigenvalue weighted by molar-refractivity contribution is 6.04. The number of Topliss-reactive ketones (excluding diaryl/α,β-unsaturated/α-hetero) is 1. The van der Waals surface area contributed by atoms with Crippen molar-refractivity contribution in [2.24, 2.45) is 0 Å². The number of nitrogens with one attached hydrogen (secondary N) is 1. The summed E-state index contributed by atoms with van der Waals surface area (Å²) in [7, 11) is 0. The Bertz CT molecular complexity index is 1120. The summed E-state index contributed by atoms with van der Waals surface area (Å²) in [4.78, 5) is 27.0. The van der Waals surface area contributed by atoms with Gasteiger partial charge in [-0.15, -0.1) is 0 Å². The Hall–Kier alpha value is -3.08. The van der Waals surface area contributed by atoms with E-state index in [-0.39, 0.29) is 23.8 Å². The van der Waals surface area contributed by atoms with Gasteiger partial charge in [0.05, 0.1) is 11.5 Å². The maximum atomic E-state index is 13.6. The SMILES string of the molecule is CC1=C(C(=O)OC2CCCCC2)[C@H](c2ccc(C)o2)C2=C(C[C@@H](c3ccccc3)CC2=O)N1. The number of aryl methyl sites for hydroxylation is 1. The van der Waals surface area contributed by atoms with Gasteiger partial charge >= 0.3 is 5.97 Å². The molecular weight excluding hydrogens is 414 g/mol. The lowest BCUT2D eigenvalue weighted by molar-refractivity contribution is -0.146. The summed E-state index contributed by atoms with van der Waals surface area (Å²) >= 11 is 0. The summed E-state index contributed by atoms with van der Waals surface area (Å²) in [6.07, 6.45) is 6.27. The first-order valence-corrected chi connectivity index (χ1v) is 12.1. The van der Waals surface area contributed by atoms with Gasteiger partial charge < -0.3 is 14.5 Å². The van der Waals surface area contributed by atoms with Crippen molar-refractivity contribution in [3.63, 3.8) is 0 Å². The molecule has 3 aliphatic rings. The van der Waals surface area contributed by atoms with E-state index < -0.39 is 5.92 Å². The van der Waals surface area contributed by atoms with E-state index in [4.69, 9.17) is 9.15 Å². The summed E-state index contributed by atoms with van der Waals surface area (Å²) in [5, 5.41) is 3.42. The molecule has 33 heavy (non-hydrogen) atoms. The van der Waals surface area contributed by atoms with E-state index in [1.165, 1.54) is 6.42 Å². The van der Waals surface area contributed by atoms with Crippen LogP contribution in [0.15, 0.2) is 69.4 Å². The van der Waals surface area contributed by atoms with Crippen LogP contribution >= 0.6 is 0 Å². The Morgan fingerprint density at radius 1 is 1.00 bits per heavy atom. The predicted molar refractivity (Wildman–Crippen MR) is 125 cm³/mol. The lowest BCUT2D eigenvalue weighted by Crippen LogP contribution is -2.36. The zero-order chi connectivity index (χ0) is 22.9. The summed E-state index contributed by atoms with van der Waals surface area (Å²) in [6.45, 7) is 3.78. The van der Waals surface area contributed by atoms with Gasteiger partial charge in [0.25, 0.3) is 0 Å². The molecule has 1 N–H and O–H groups in total. The molecule has 1 aliphatic heterocycles. The smallest absolute Gasteiger partial charge is 0.337 e. The van der Waals surface area contributed by atoms with E-state index in [1.807, 2.05) is 44.2 Å². The van der Waals surface area contributed by atoms with Crippen LogP contribution in [0.5, 0.6) is 0 Å². The van der Waals surface area contributed by atoms with Crippen molar-refractivity contribution in [3.8, 4) is 0 Å². The molecule has 5 heteroatoms. The van der Waals surface area contributed by atoms with E-state index in [1.54, 1.807) is 0 Å². The Morgan fingerprint density at radius 3 is 2.45 bits per heavy atom. The lowest BCUT2D eigenvalue weighted by Gasteiger charge is -2.36. The monoisotopic (exact) mass is 445 g/mol. The second kappa shape index (κ2) is 9.05. The molecule has 0 radical (unpaired) electrons. The molecule has 1 aromatic heterocycles. The van der Waals surface area contributed by atoms with Gasteiger partial charge in [0.1, 0.15) is 17.6 Å². The Balaban J connectivity index is 1.51. The minimum atomic E-state index is -0.532. The first-order valence-electron chi connectivity index (χ1n) is 12.1. The summed E-state index contributed by atoms with van der Waals surface area (Å²) in [5.41, 5.74) is 3.95. The maximum Gasteiger partial charge on any atom is 0.337 e. The molecule has 0 saturated heterocycles. The van der Waals surface area contributed by atoms with Crippen LogP contribution in [0.3, 0.4) is 0 Å². The van der Waals surface area contributed by atoms with E-state index in [0.29, 0.717) is 23.3 Å². The van der Waals surface area contributed by atoms with Gasteiger partial charge in [-0.25, -0.2) is 4.79 Å². The number of hydrogen-bond donors (Lipinski definition) is 1. The molecule has 2 heterocycles. The molecule has 0 amide bonds. The largest absolute Gasteiger partial charge is 0.465 e. The van der Waals surface area contributed by atoms with Crippen molar-refractivity contribution in [1.29, 1.82) is 0 Å². The minimum Gasteiger partial charge on any atom is -0.465 e. The van der Waals surface area contributed by atoms with Gasteiger partial charge in [0.15, 0.2) is 5.78 Å². The molecular formula is C28H31NO4. The third-order valence-corrected chi connectivity index (χ3v) is 7.19. The van der Waals surface area contributed by atoms with Crippen molar-refractivity contribution >= 4 is 11.8 Å². The van der Waals surface area contributed by atoms with E-state index in [9.17, 15) is 9.59 Å². The van der Waals surface area contributed by atoms with Gasteiger partial charge in [-0.3, -0.25) is 4.79 Å². The number of carbonyl (C=O) groups excluding carboxylic acids is 2. The molecule has 5 nitrogen and oxygen atoms in total. The van der Waals surface area contributed by atoms with Crippen LogP contribution in [-0.4, -0.2) is 17.9 Å². The molecule has 2 aliphatic carbocycles. The number of furan rings is 1. The van der Waals surface area contributed by atoms with E-state index in [0.717, 1.165) is 54.8 Å². The zero-order valence-electron chi connectivity index (χ0n) is 19.4. The molecule has 0 unspecified atom stereocenters. The third kappa shape index (κ3) is 4.29. The number of ketones is 1. The number of ether oxygens (including phenoxy) is 1. The molecule has 172 valence electrons. The highest BCUT2D eigenvalue weighted by Crippen LogP contribution is 2.46. The molecule has 1 aromatic carbocycles. The topological polar surface area (TPSA) is 68.5 Å². The summed E-state index contributed by atoms with van der Waals surface area (Å²) in [5.74, 6) is 0.696. The number of carbonyl (C=O) groups is 2. The van der Waals surface area contributed by atoms with Crippen LogP contribution in [0.1, 0.15) is 80.8 Å². The average Bonchev–Trinajstić information content (AvgIpc) is 3.25. The lowest BCUT2D eigenvalue weighted by atomic mass is 9.73. The second-order valence-electron chi connectivity index (χ2n) is 9.54. The maximum absolute atomic E-state index is 13.6. The van der Waals surface area contributed by atoms with Crippen molar-refractivity contribution in [3.05, 3.63) is 82.1 Å². The number of hydrogen-bond acceptors (Lipinski definition) is 5. The van der Waals surface area contributed by atoms with Crippen LogP contribution in [0.2, 0.25) is 0 Å². The van der Waals surface area contributed by atoms with Crippen molar-refractivity contribution in [2.45, 2.75) is 76.7 Å². The molecule has 2 atom stereocenters. The standard InChI is InChI=1S/C28H31NO4/c1-17-13-14-24(32-17)27-25(28(31)33-21-11-7-4-8-12-21)18(2)29-22-15-20(16-23(30)26(22)27)19-9-5-3-6-10-19/h3,5-6,9-10,13-14,20-21,27,29H,4,7-8,11-12,15-16H2,1-2H3/t20-,27+/m1/s1. The summed E-state index contributed by atoms with van der Waals surface area (Å²) in [6, 6.07) is 13.9. The highest BCUT2D eigenvalue weighted by atomic mass is 16.5. The molecule has 5 rings (SSSR count). The number of dihydropyridines is 1. The minimum absolute atomic E-state index is 0.0505. The zero-order valence-corrected chi connectivity index (χ0v) is 19.4. The van der Waals surface area contributed by atoms with Crippen molar-refractivity contribution < 1.29 is 18.7 Å². The molecule has 2 aromatic rings. The van der Waals surface area contributed by atoms with Gasteiger partial charge in [-0.2, -0.15) is 0 Å². The summed E-state index contributed by atoms with van der Waals surface area (Å²) < 4.78 is 11.9. The Morgan fingerprint density at radius 2 is 1.76 bits per heavy atom. The first-order chi connectivity index (χ1) is 16.0. The number of benzene rings is 1.